The van der Waals surface area contributed by atoms with Crippen LogP contribution < -0.4 is 10.6 Å². The average Bonchev–Trinajstić information content (AvgIpc) is 2.37. The van der Waals surface area contributed by atoms with Crippen molar-refractivity contribution in [3.63, 3.8) is 0 Å². The normalized spacial score (nSPS) is 12.4. The Hall–Kier alpha value is -1.69. The molecule has 0 saturated carbocycles. The first-order valence-electron chi connectivity index (χ1n) is 6.86. The van der Waals surface area contributed by atoms with Crippen molar-refractivity contribution in [1.82, 2.24) is 20.6 Å². The molecule has 0 aliphatic heterocycles. The van der Waals surface area contributed by atoms with Gasteiger partial charge in [-0.1, -0.05) is 25.4 Å². The van der Waals surface area contributed by atoms with Gasteiger partial charge in [0.2, 0.25) is 5.91 Å². The molecular formula is C14H21ClN4O2. The minimum Gasteiger partial charge on any atom is -0.352 e. The van der Waals surface area contributed by atoms with Crippen LogP contribution in [0.2, 0.25) is 5.02 Å². The maximum absolute atomic E-state index is 12.2. The van der Waals surface area contributed by atoms with Crippen LogP contribution in [-0.4, -0.2) is 33.9 Å². The lowest BCUT2D eigenvalue weighted by Gasteiger charge is -2.16. The highest BCUT2D eigenvalue weighted by molar-refractivity contribution is 6.33. The molecule has 0 spiro atoms. The van der Waals surface area contributed by atoms with Gasteiger partial charge >= 0.3 is 0 Å². The van der Waals surface area contributed by atoms with Crippen molar-refractivity contribution in [1.29, 1.82) is 0 Å². The van der Waals surface area contributed by atoms with E-state index in [0.29, 0.717) is 5.82 Å². The van der Waals surface area contributed by atoms with E-state index in [1.54, 1.807) is 6.92 Å². The van der Waals surface area contributed by atoms with E-state index in [4.69, 9.17) is 11.6 Å². The van der Waals surface area contributed by atoms with E-state index in [2.05, 4.69) is 20.6 Å². The van der Waals surface area contributed by atoms with E-state index in [1.807, 2.05) is 27.7 Å². The van der Waals surface area contributed by atoms with Gasteiger partial charge in [-0.15, -0.1) is 0 Å². The molecule has 0 saturated heterocycles. The van der Waals surface area contributed by atoms with Gasteiger partial charge in [0.15, 0.2) is 0 Å². The van der Waals surface area contributed by atoms with Gasteiger partial charge in [0.1, 0.15) is 17.6 Å². The third-order valence-electron chi connectivity index (χ3n) is 2.67. The van der Waals surface area contributed by atoms with Gasteiger partial charge in [-0.2, -0.15) is 0 Å². The number of rotatable bonds is 5. The van der Waals surface area contributed by atoms with Crippen molar-refractivity contribution < 1.29 is 9.59 Å². The lowest BCUT2D eigenvalue weighted by Crippen LogP contribution is -2.47. The van der Waals surface area contributed by atoms with Crippen molar-refractivity contribution in [2.75, 3.05) is 0 Å². The molecule has 2 amide bonds. The lowest BCUT2D eigenvalue weighted by molar-refractivity contribution is -0.123. The molecule has 2 N–H and O–H groups in total. The Kier molecular flexibility index (Phi) is 6.08. The fourth-order valence-electron chi connectivity index (χ4n) is 1.56. The monoisotopic (exact) mass is 312 g/mol. The van der Waals surface area contributed by atoms with Crippen LogP contribution in [0.3, 0.4) is 0 Å². The van der Waals surface area contributed by atoms with Crippen molar-refractivity contribution in [3.8, 4) is 0 Å². The maximum Gasteiger partial charge on any atom is 0.272 e. The Balaban J connectivity index is 2.84. The van der Waals surface area contributed by atoms with Crippen LogP contribution in [-0.2, 0) is 4.79 Å². The molecule has 7 heteroatoms. The number of hydrogen-bond donors (Lipinski definition) is 2. The summed E-state index contributed by atoms with van der Waals surface area (Å²) in [6.07, 6.45) is 1.40. The first-order chi connectivity index (χ1) is 9.72. The van der Waals surface area contributed by atoms with E-state index in [-0.39, 0.29) is 28.6 Å². The lowest BCUT2D eigenvalue weighted by atomic mass is 10.2. The number of halogens is 1. The molecule has 1 aromatic rings. The second-order valence-corrected chi connectivity index (χ2v) is 5.85. The molecule has 0 bridgehead atoms. The predicted octanol–water partition coefficient (Wildman–Crippen LogP) is 1.90. The van der Waals surface area contributed by atoms with Gasteiger partial charge in [0, 0.05) is 12.0 Å². The standard InChI is InChI=1S/C14H21ClN4O2/c1-7(2)12-16-6-10(15)11(19-12)14(21)18-9(5)13(20)17-8(3)4/h6-9H,1-5H3,(H,17,20)(H,18,21). The Morgan fingerprint density at radius 2 is 1.76 bits per heavy atom. The SMILES string of the molecule is CC(C)NC(=O)C(C)NC(=O)c1nc(C(C)C)ncc1Cl. The number of hydrogen-bond acceptors (Lipinski definition) is 4. The zero-order valence-electron chi connectivity index (χ0n) is 12.9. The molecule has 1 heterocycles. The highest BCUT2D eigenvalue weighted by Crippen LogP contribution is 2.16. The molecule has 0 aliphatic carbocycles. The summed E-state index contributed by atoms with van der Waals surface area (Å²) >= 11 is 5.96. The minimum absolute atomic E-state index is 0.00651. The maximum atomic E-state index is 12.2. The van der Waals surface area contributed by atoms with Gasteiger partial charge in [-0.05, 0) is 20.8 Å². The smallest absolute Gasteiger partial charge is 0.272 e. The molecule has 1 rings (SSSR count). The third-order valence-corrected chi connectivity index (χ3v) is 2.94. The third kappa shape index (κ3) is 4.97. The molecule has 0 radical (unpaired) electrons. The Morgan fingerprint density at radius 1 is 1.14 bits per heavy atom. The highest BCUT2D eigenvalue weighted by Gasteiger charge is 2.21. The second-order valence-electron chi connectivity index (χ2n) is 5.44. The number of carbonyl (C=O) groups excluding carboxylic acids is 2. The summed E-state index contributed by atoms with van der Waals surface area (Å²) in [7, 11) is 0. The summed E-state index contributed by atoms with van der Waals surface area (Å²) in [5.74, 6) is -0.136. The van der Waals surface area contributed by atoms with E-state index in [1.165, 1.54) is 6.20 Å². The fourth-order valence-corrected chi connectivity index (χ4v) is 1.74. The molecule has 21 heavy (non-hydrogen) atoms. The molecule has 1 unspecified atom stereocenters. The summed E-state index contributed by atoms with van der Waals surface area (Å²) in [6, 6.07) is -0.666. The first-order valence-corrected chi connectivity index (χ1v) is 7.23. The van der Waals surface area contributed by atoms with Gasteiger partial charge in [-0.3, -0.25) is 9.59 Å². The van der Waals surface area contributed by atoms with Gasteiger partial charge in [0.25, 0.3) is 5.91 Å². The van der Waals surface area contributed by atoms with E-state index >= 15 is 0 Å². The van der Waals surface area contributed by atoms with Crippen LogP contribution >= 0.6 is 11.6 Å². The molecule has 6 nitrogen and oxygen atoms in total. The molecular weight excluding hydrogens is 292 g/mol. The zero-order chi connectivity index (χ0) is 16.2. The van der Waals surface area contributed by atoms with Crippen LogP contribution in [0.4, 0.5) is 0 Å². The average molecular weight is 313 g/mol. The summed E-state index contributed by atoms with van der Waals surface area (Å²) in [6.45, 7) is 9.15. The Bertz CT molecular complexity index is 532. The molecule has 1 aromatic heterocycles. The van der Waals surface area contributed by atoms with Crippen LogP contribution in [0.5, 0.6) is 0 Å². The quantitative estimate of drug-likeness (QED) is 0.869. The highest BCUT2D eigenvalue weighted by atomic mass is 35.5. The molecule has 0 fully saturated rings. The van der Waals surface area contributed by atoms with Crippen molar-refractivity contribution in [2.24, 2.45) is 0 Å². The Labute approximate surface area is 129 Å². The van der Waals surface area contributed by atoms with Crippen LogP contribution in [0, 0.1) is 0 Å². The topological polar surface area (TPSA) is 84.0 Å². The molecule has 0 aliphatic rings. The summed E-state index contributed by atoms with van der Waals surface area (Å²) in [5.41, 5.74) is 0.0829. The number of aromatic nitrogens is 2. The second kappa shape index (κ2) is 7.36. The van der Waals surface area contributed by atoms with Crippen LogP contribution in [0.15, 0.2) is 6.20 Å². The fraction of sp³-hybridized carbons (Fsp3) is 0.571. The summed E-state index contributed by atoms with van der Waals surface area (Å²) in [4.78, 5) is 32.2. The zero-order valence-corrected chi connectivity index (χ0v) is 13.7. The van der Waals surface area contributed by atoms with E-state index in [0.717, 1.165) is 0 Å². The number of nitrogens with one attached hydrogen (secondary N) is 2. The molecule has 116 valence electrons. The summed E-state index contributed by atoms with van der Waals surface area (Å²) < 4.78 is 0. The summed E-state index contributed by atoms with van der Waals surface area (Å²) in [5, 5.41) is 5.47. The minimum atomic E-state index is -0.673. The number of nitrogens with zero attached hydrogens (tertiary/aromatic N) is 2. The van der Waals surface area contributed by atoms with E-state index < -0.39 is 11.9 Å². The van der Waals surface area contributed by atoms with Crippen molar-refractivity contribution in [2.45, 2.75) is 52.6 Å². The largest absolute Gasteiger partial charge is 0.352 e. The van der Waals surface area contributed by atoms with Crippen LogP contribution in [0.1, 0.15) is 56.8 Å². The van der Waals surface area contributed by atoms with Crippen molar-refractivity contribution >= 4 is 23.4 Å². The molecule has 0 aromatic carbocycles. The Morgan fingerprint density at radius 3 is 2.29 bits per heavy atom. The van der Waals surface area contributed by atoms with Gasteiger partial charge in [-0.25, -0.2) is 9.97 Å². The first kappa shape index (κ1) is 17.4. The van der Waals surface area contributed by atoms with Gasteiger partial charge in [0.05, 0.1) is 11.2 Å². The van der Waals surface area contributed by atoms with Crippen molar-refractivity contribution in [3.05, 3.63) is 22.7 Å². The number of amides is 2. The van der Waals surface area contributed by atoms with Crippen LogP contribution in [0.25, 0.3) is 0 Å². The number of carbonyl (C=O) groups is 2. The van der Waals surface area contributed by atoms with Gasteiger partial charge < -0.3 is 10.6 Å². The predicted molar refractivity (Wildman–Crippen MR) is 81.3 cm³/mol. The van der Waals surface area contributed by atoms with E-state index in [9.17, 15) is 9.59 Å². The molecule has 1 atom stereocenters.